The van der Waals surface area contributed by atoms with Crippen molar-refractivity contribution in [3.05, 3.63) is 0 Å². The van der Waals surface area contributed by atoms with Crippen molar-refractivity contribution in [1.29, 1.82) is 0 Å². The minimum atomic E-state index is -1.06. The number of carbonyl (C=O) groups is 2. The van der Waals surface area contributed by atoms with Crippen LogP contribution < -0.4 is 5.73 Å². The van der Waals surface area contributed by atoms with Gasteiger partial charge < -0.3 is 15.6 Å². The summed E-state index contributed by atoms with van der Waals surface area (Å²) in [6.45, 7) is 5.33. The number of hydrogen-bond donors (Lipinski definition) is 2. The van der Waals surface area contributed by atoms with E-state index in [0.717, 1.165) is 11.8 Å². The first-order chi connectivity index (χ1) is 6.72. The summed E-state index contributed by atoms with van der Waals surface area (Å²) in [5.74, 6) is -1.09. The van der Waals surface area contributed by atoms with Gasteiger partial charge in [0.25, 0.3) is 0 Å². The van der Waals surface area contributed by atoms with Gasteiger partial charge in [-0.3, -0.25) is 9.59 Å². The highest BCUT2D eigenvalue weighted by Gasteiger charge is 2.17. The summed E-state index contributed by atoms with van der Waals surface area (Å²) in [6.07, 6.45) is 0. The lowest BCUT2D eigenvalue weighted by molar-refractivity contribution is -0.151. The Balaban J connectivity index is 3.69. The number of aliphatic carboxylic acids is 1. The summed E-state index contributed by atoms with van der Waals surface area (Å²) in [4.78, 5) is 21.5. The monoisotopic (exact) mass is 235 g/mol. The summed E-state index contributed by atoms with van der Waals surface area (Å²) in [5, 5.41) is 8.48. The first kappa shape index (κ1) is 14.2. The summed E-state index contributed by atoms with van der Waals surface area (Å²) < 4.78 is 5.03. The molecule has 0 heterocycles. The van der Waals surface area contributed by atoms with E-state index in [4.69, 9.17) is 15.6 Å². The Hall–Kier alpha value is -0.750. The molecular formula is C9H17NO4S. The topological polar surface area (TPSA) is 89.6 Å². The van der Waals surface area contributed by atoms with Crippen LogP contribution in [0.1, 0.15) is 20.8 Å². The van der Waals surface area contributed by atoms with Crippen LogP contribution in [-0.2, 0) is 14.3 Å². The van der Waals surface area contributed by atoms with E-state index in [9.17, 15) is 9.59 Å². The van der Waals surface area contributed by atoms with Gasteiger partial charge in [0.05, 0.1) is 5.75 Å². The number of rotatable bonds is 5. The van der Waals surface area contributed by atoms with E-state index >= 15 is 0 Å². The molecule has 6 heteroatoms. The molecule has 0 saturated carbocycles. The van der Waals surface area contributed by atoms with Crippen molar-refractivity contribution in [3.63, 3.8) is 0 Å². The summed E-state index contributed by atoms with van der Waals surface area (Å²) in [6, 6.07) is -0.933. The van der Waals surface area contributed by atoms with Gasteiger partial charge >= 0.3 is 11.9 Å². The molecule has 5 nitrogen and oxygen atoms in total. The average molecular weight is 235 g/mol. The Kier molecular flexibility index (Phi) is 5.67. The molecule has 88 valence electrons. The lowest BCUT2D eigenvalue weighted by Gasteiger charge is -2.19. The molecule has 0 aromatic carbocycles. The van der Waals surface area contributed by atoms with E-state index in [1.807, 2.05) is 0 Å². The Bertz CT molecular complexity index is 237. The third-order valence-corrected chi connectivity index (χ3v) is 2.29. The van der Waals surface area contributed by atoms with Gasteiger partial charge in [0.2, 0.25) is 0 Å². The molecule has 0 radical (unpaired) electrons. The summed E-state index contributed by atoms with van der Waals surface area (Å²) in [7, 11) is 0. The second-order valence-corrected chi connectivity index (χ2v) is 5.08. The second kappa shape index (κ2) is 5.97. The van der Waals surface area contributed by atoms with Gasteiger partial charge in [-0.05, 0) is 20.8 Å². The minimum Gasteiger partial charge on any atom is -0.480 e. The van der Waals surface area contributed by atoms with Crippen LogP contribution in [0, 0.1) is 0 Å². The fourth-order valence-electron chi connectivity index (χ4n) is 0.711. The molecule has 15 heavy (non-hydrogen) atoms. The predicted molar refractivity (Wildman–Crippen MR) is 58.8 cm³/mol. The van der Waals surface area contributed by atoms with Crippen LogP contribution in [0.3, 0.4) is 0 Å². The fraction of sp³-hybridized carbons (Fsp3) is 0.778. The highest BCUT2D eigenvalue weighted by molar-refractivity contribution is 8.00. The Morgan fingerprint density at radius 1 is 1.47 bits per heavy atom. The zero-order valence-electron chi connectivity index (χ0n) is 9.15. The first-order valence-corrected chi connectivity index (χ1v) is 5.66. The van der Waals surface area contributed by atoms with Gasteiger partial charge in [-0.15, -0.1) is 11.8 Å². The number of nitrogens with two attached hydrogens (primary N) is 1. The van der Waals surface area contributed by atoms with Crippen LogP contribution in [0.4, 0.5) is 0 Å². The van der Waals surface area contributed by atoms with Gasteiger partial charge in [-0.1, -0.05) is 0 Å². The molecule has 0 unspecified atom stereocenters. The van der Waals surface area contributed by atoms with Crippen LogP contribution in [0.25, 0.3) is 0 Å². The quantitative estimate of drug-likeness (QED) is 0.673. The first-order valence-electron chi connectivity index (χ1n) is 4.50. The van der Waals surface area contributed by atoms with E-state index in [-0.39, 0.29) is 17.5 Å². The predicted octanol–water partition coefficient (Wildman–Crippen LogP) is 0.473. The highest BCUT2D eigenvalue weighted by Crippen LogP contribution is 2.10. The van der Waals surface area contributed by atoms with E-state index in [1.54, 1.807) is 20.8 Å². The van der Waals surface area contributed by atoms with E-state index in [1.165, 1.54) is 0 Å². The Morgan fingerprint density at radius 2 is 2.00 bits per heavy atom. The van der Waals surface area contributed by atoms with Crippen LogP contribution in [0.5, 0.6) is 0 Å². The van der Waals surface area contributed by atoms with Crippen LogP contribution in [-0.4, -0.2) is 40.2 Å². The molecule has 0 aliphatic rings. The Morgan fingerprint density at radius 3 is 2.40 bits per heavy atom. The van der Waals surface area contributed by atoms with Crippen molar-refractivity contribution >= 4 is 23.7 Å². The van der Waals surface area contributed by atoms with Gasteiger partial charge in [0, 0.05) is 5.75 Å². The molecule has 0 aliphatic carbocycles. The maximum atomic E-state index is 11.2. The number of esters is 1. The minimum absolute atomic E-state index is 0.123. The van der Waals surface area contributed by atoms with Gasteiger partial charge in [-0.25, -0.2) is 0 Å². The largest absolute Gasteiger partial charge is 0.480 e. The number of carbonyl (C=O) groups excluding carboxylic acids is 1. The van der Waals surface area contributed by atoms with Gasteiger partial charge in [0.15, 0.2) is 0 Å². The molecule has 0 aromatic heterocycles. The maximum Gasteiger partial charge on any atom is 0.321 e. The number of hydrogen-bond acceptors (Lipinski definition) is 5. The van der Waals surface area contributed by atoms with Gasteiger partial charge in [0.1, 0.15) is 11.6 Å². The number of ether oxygens (including phenoxy) is 1. The smallest absolute Gasteiger partial charge is 0.321 e. The van der Waals surface area contributed by atoms with Crippen molar-refractivity contribution in [1.82, 2.24) is 0 Å². The van der Waals surface area contributed by atoms with Gasteiger partial charge in [-0.2, -0.15) is 0 Å². The molecule has 0 saturated heterocycles. The second-order valence-electron chi connectivity index (χ2n) is 4.05. The standard InChI is InChI=1S/C9H17NO4S/c1-9(2,3)14-7(11)5-15-4-6(10)8(12)13/h6H,4-5,10H2,1-3H3,(H,12,13)/t6-/m0/s1. The molecule has 0 spiro atoms. The van der Waals surface area contributed by atoms with Crippen LogP contribution in [0.2, 0.25) is 0 Å². The molecule has 0 bridgehead atoms. The van der Waals surface area contributed by atoms with Crippen molar-refractivity contribution in [2.24, 2.45) is 5.73 Å². The third kappa shape index (κ3) is 8.26. The van der Waals surface area contributed by atoms with Crippen molar-refractivity contribution < 1.29 is 19.4 Å². The molecule has 0 aromatic rings. The van der Waals surface area contributed by atoms with E-state index in [2.05, 4.69) is 0 Å². The molecule has 0 aliphatic heterocycles. The van der Waals surface area contributed by atoms with Crippen molar-refractivity contribution in [2.45, 2.75) is 32.4 Å². The van der Waals surface area contributed by atoms with E-state index < -0.39 is 17.6 Å². The maximum absolute atomic E-state index is 11.2. The van der Waals surface area contributed by atoms with Crippen LogP contribution >= 0.6 is 11.8 Å². The third-order valence-electron chi connectivity index (χ3n) is 1.25. The Labute approximate surface area is 93.4 Å². The molecule has 0 amide bonds. The molecular weight excluding hydrogens is 218 g/mol. The SMILES string of the molecule is CC(C)(C)OC(=O)CSC[C@H](N)C(=O)O. The summed E-state index contributed by atoms with van der Waals surface area (Å²) >= 11 is 1.16. The average Bonchev–Trinajstić information content (AvgIpc) is 2.00. The van der Waals surface area contributed by atoms with Crippen molar-refractivity contribution in [3.8, 4) is 0 Å². The number of carboxylic acid groups (broad SMARTS) is 1. The zero-order chi connectivity index (χ0) is 12.1. The molecule has 1 atom stereocenters. The van der Waals surface area contributed by atoms with E-state index in [0.29, 0.717) is 0 Å². The highest BCUT2D eigenvalue weighted by atomic mass is 32.2. The number of carboxylic acids is 1. The number of thioether (sulfide) groups is 1. The normalized spacial score (nSPS) is 13.3. The van der Waals surface area contributed by atoms with Crippen LogP contribution in [0.15, 0.2) is 0 Å². The zero-order valence-corrected chi connectivity index (χ0v) is 9.97. The molecule has 0 fully saturated rings. The lowest BCUT2D eigenvalue weighted by atomic mass is 10.2. The van der Waals surface area contributed by atoms with Crippen molar-refractivity contribution in [2.75, 3.05) is 11.5 Å². The molecule has 3 N–H and O–H groups in total. The fourth-order valence-corrected chi connectivity index (χ4v) is 1.45. The molecule has 0 rings (SSSR count). The summed E-state index contributed by atoms with van der Waals surface area (Å²) in [5.41, 5.74) is 4.75. The lowest BCUT2D eigenvalue weighted by Crippen LogP contribution is -2.33.